The third-order valence-electron chi connectivity index (χ3n) is 3.05. The number of hydrogen-bond acceptors (Lipinski definition) is 4. The molecule has 0 fully saturated rings. The van der Waals surface area contributed by atoms with Gasteiger partial charge in [-0.05, 0) is 24.8 Å². The first-order valence-electron chi connectivity index (χ1n) is 5.94. The van der Waals surface area contributed by atoms with Crippen LogP contribution in [0.15, 0.2) is 29.4 Å². The van der Waals surface area contributed by atoms with Gasteiger partial charge in [0.1, 0.15) is 0 Å². The average Bonchev–Trinajstić information content (AvgIpc) is 2.43. The van der Waals surface area contributed by atoms with Crippen molar-refractivity contribution in [1.82, 2.24) is 0 Å². The quantitative estimate of drug-likeness (QED) is 0.359. The Morgan fingerprint density at radius 1 is 1.50 bits per heavy atom. The standard InChI is InChI=1S/C13H21N3OS/c1-4-10(9-18-3)16(2)12-8-6-5-7-11(12)13(14)15-17/h5-8,10,17H,4,9H2,1-3H3,(H2,14,15). The highest BCUT2D eigenvalue weighted by Crippen LogP contribution is 2.23. The maximum absolute atomic E-state index is 8.83. The van der Waals surface area contributed by atoms with Gasteiger partial charge in [0.05, 0.1) is 0 Å². The van der Waals surface area contributed by atoms with Crippen LogP contribution in [0.2, 0.25) is 0 Å². The van der Waals surface area contributed by atoms with Crippen molar-refractivity contribution in [1.29, 1.82) is 0 Å². The highest BCUT2D eigenvalue weighted by atomic mass is 32.2. The van der Waals surface area contributed by atoms with Crippen molar-refractivity contribution in [2.75, 3.05) is 24.0 Å². The van der Waals surface area contributed by atoms with Crippen molar-refractivity contribution in [2.45, 2.75) is 19.4 Å². The minimum absolute atomic E-state index is 0.149. The molecule has 0 saturated carbocycles. The molecule has 0 radical (unpaired) electrons. The van der Waals surface area contributed by atoms with Gasteiger partial charge in [-0.2, -0.15) is 11.8 Å². The zero-order valence-corrected chi connectivity index (χ0v) is 11.9. The molecule has 0 heterocycles. The van der Waals surface area contributed by atoms with Gasteiger partial charge in [0.15, 0.2) is 5.84 Å². The van der Waals surface area contributed by atoms with Crippen molar-refractivity contribution < 1.29 is 5.21 Å². The average molecular weight is 267 g/mol. The van der Waals surface area contributed by atoms with E-state index in [9.17, 15) is 0 Å². The molecule has 0 aliphatic rings. The fourth-order valence-corrected chi connectivity index (χ4v) is 2.79. The molecular weight excluding hydrogens is 246 g/mol. The number of nitrogens with zero attached hydrogens (tertiary/aromatic N) is 2. The number of nitrogens with two attached hydrogens (primary N) is 1. The fraction of sp³-hybridized carbons (Fsp3) is 0.462. The molecule has 3 N–H and O–H groups in total. The number of thioether (sulfide) groups is 1. The molecule has 0 aromatic heterocycles. The van der Waals surface area contributed by atoms with Crippen molar-refractivity contribution in [2.24, 2.45) is 10.9 Å². The van der Waals surface area contributed by atoms with Crippen molar-refractivity contribution in [3.05, 3.63) is 29.8 Å². The summed E-state index contributed by atoms with van der Waals surface area (Å²) in [5.41, 5.74) is 7.48. The number of hydrogen-bond donors (Lipinski definition) is 2. The number of benzene rings is 1. The first kappa shape index (κ1) is 14.7. The Bertz CT molecular complexity index is 409. The molecule has 0 amide bonds. The Hall–Kier alpha value is -1.36. The van der Waals surface area contributed by atoms with Gasteiger partial charge in [-0.25, -0.2) is 0 Å². The number of rotatable bonds is 6. The molecule has 1 rings (SSSR count). The van der Waals surface area contributed by atoms with Crippen molar-refractivity contribution in [3.63, 3.8) is 0 Å². The zero-order valence-electron chi connectivity index (χ0n) is 11.1. The minimum atomic E-state index is 0.149. The van der Waals surface area contributed by atoms with Gasteiger partial charge >= 0.3 is 0 Å². The number of anilines is 1. The van der Waals surface area contributed by atoms with Crippen LogP contribution >= 0.6 is 11.8 Å². The third kappa shape index (κ3) is 3.32. The van der Waals surface area contributed by atoms with E-state index in [1.807, 2.05) is 43.1 Å². The molecule has 1 aromatic rings. The van der Waals surface area contributed by atoms with Crippen LogP contribution in [0.4, 0.5) is 5.69 Å². The summed E-state index contributed by atoms with van der Waals surface area (Å²) in [4.78, 5) is 2.20. The van der Waals surface area contributed by atoms with Crippen LogP contribution < -0.4 is 10.6 Å². The van der Waals surface area contributed by atoms with Crippen molar-refractivity contribution in [3.8, 4) is 0 Å². The van der Waals surface area contributed by atoms with E-state index in [1.54, 1.807) is 0 Å². The molecule has 0 aliphatic heterocycles. The summed E-state index contributed by atoms with van der Waals surface area (Å²) in [6.07, 6.45) is 3.16. The van der Waals surface area contributed by atoms with Crippen LogP contribution in [0.25, 0.3) is 0 Å². The number of para-hydroxylation sites is 1. The summed E-state index contributed by atoms with van der Waals surface area (Å²) in [5, 5.41) is 11.9. The SMILES string of the molecule is CCC(CSC)N(C)c1ccccc1/C(N)=N/O. The van der Waals surface area contributed by atoms with E-state index in [0.717, 1.165) is 23.4 Å². The predicted octanol–water partition coefficient (Wildman–Crippen LogP) is 2.36. The second-order valence-electron chi connectivity index (χ2n) is 4.13. The van der Waals surface area contributed by atoms with Gasteiger partial charge in [0.2, 0.25) is 0 Å². The Morgan fingerprint density at radius 3 is 2.72 bits per heavy atom. The summed E-state index contributed by atoms with van der Waals surface area (Å²) in [6, 6.07) is 8.15. The molecule has 0 saturated heterocycles. The van der Waals surface area contributed by atoms with Gasteiger partial charge < -0.3 is 15.8 Å². The van der Waals surface area contributed by atoms with E-state index in [0.29, 0.717) is 6.04 Å². The second kappa shape index (κ2) is 7.16. The Labute approximate surface area is 113 Å². The lowest BCUT2D eigenvalue weighted by Crippen LogP contribution is -2.34. The molecule has 1 unspecified atom stereocenters. The normalized spacial score (nSPS) is 13.4. The van der Waals surface area contributed by atoms with Gasteiger partial charge in [-0.3, -0.25) is 0 Å². The lowest BCUT2D eigenvalue weighted by Gasteiger charge is -2.30. The summed E-state index contributed by atoms with van der Waals surface area (Å²) in [5.74, 6) is 1.20. The Balaban J connectivity index is 3.08. The third-order valence-corrected chi connectivity index (χ3v) is 3.76. The van der Waals surface area contributed by atoms with Crippen LogP contribution in [-0.2, 0) is 0 Å². The lowest BCUT2D eigenvalue weighted by molar-refractivity contribution is 0.318. The fourth-order valence-electron chi connectivity index (χ4n) is 1.94. The van der Waals surface area contributed by atoms with E-state index >= 15 is 0 Å². The van der Waals surface area contributed by atoms with E-state index in [1.165, 1.54) is 0 Å². The summed E-state index contributed by atoms with van der Waals surface area (Å²) in [6.45, 7) is 2.17. The van der Waals surface area contributed by atoms with Crippen LogP contribution in [0.1, 0.15) is 18.9 Å². The molecule has 0 spiro atoms. The smallest absolute Gasteiger partial charge is 0.172 e. The molecule has 100 valence electrons. The molecule has 4 nitrogen and oxygen atoms in total. The Kier molecular flexibility index (Phi) is 5.85. The Morgan fingerprint density at radius 2 is 2.17 bits per heavy atom. The van der Waals surface area contributed by atoms with Gasteiger partial charge in [0, 0.05) is 30.1 Å². The molecular formula is C13H21N3OS. The lowest BCUT2D eigenvalue weighted by atomic mass is 10.1. The monoisotopic (exact) mass is 267 g/mol. The first-order valence-corrected chi connectivity index (χ1v) is 7.33. The highest BCUT2D eigenvalue weighted by molar-refractivity contribution is 7.98. The number of oxime groups is 1. The molecule has 5 heteroatoms. The minimum Gasteiger partial charge on any atom is -0.409 e. The van der Waals surface area contributed by atoms with E-state index in [-0.39, 0.29) is 5.84 Å². The van der Waals surface area contributed by atoms with Gasteiger partial charge in [-0.15, -0.1) is 0 Å². The van der Waals surface area contributed by atoms with Gasteiger partial charge in [0.25, 0.3) is 0 Å². The summed E-state index contributed by atoms with van der Waals surface area (Å²) < 4.78 is 0. The summed E-state index contributed by atoms with van der Waals surface area (Å²) in [7, 11) is 2.05. The van der Waals surface area contributed by atoms with Crippen LogP contribution in [0, 0.1) is 0 Å². The summed E-state index contributed by atoms with van der Waals surface area (Å²) >= 11 is 1.82. The predicted molar refractivity (Wildman–Crippen MR) is 79.8 cm³/mol. The van der Waals surface area contributed by atoms with E-state index in [2.05, 4.69) is 23.2 Å². The first-order chi connectivity index (χ1) is 8.65. The molecule has 0 bridgehead atoms. The molecule has 0 aliphatic carbocycles. The van der Waals surface area contributed by atoms with Crippen molar-refractivity contribution >= 4 is 23.3 Å². The maximum Gasteiger partial charge on any atom is 0.172 e. The van der Waals surface area contributed by atoms with Crippen LogP contribution in [0.5, 0.6) is 0 Å². The van der Waals surface area contributed by atoms with Gasteiger partial charge in [-0.1, -0.05) is 24.2 Å². The second-order valence-corrected chi connectivity index (χ2v) is 5.04. The van der Waals surface area contributed by atoms with E-state index < -0.39 is 0 Å². The van der Waals surface area contributed by atoms with Crippen LogP contribution in [0.3, 0.4) is 0 Å². The molecule has 18 heavy (non-hydrogen) atoms. The largest absolute Gasteiger partial charge is 0.409 e. The highest BCUT2D eigenvalue weighted by Gasteiger charge is 2.17. The maximum atomic E-state index is 8.83. The topological polar surface area (TPSA) is 61.8 Å². The van der Waals surface area contributed by atoms with Crippen LogP contribution in [-0.4, -0.2) is 36.1 Å². The van der Waals surface area contributed by atoms with E-state index in [4.69, 9.17) is 10.9 Å². The zero-order chi connectivity index (χ0) is 13.5. The number of amidine groups is 1. The molecule has 1 aromatic carbocycles. The molecule has 1 atom stereocenters.